The number of anilines is 1. The summed E-state index contributed by atoms with van der Waals surface area (Å²) in [6.07, 6.45) is 4.82. The molecule has 1 amide bonds. The lowest BCUT2D eigenvalue weighted by atomic mass is 10.0. The Kier molecular flexibility index (Phi) is 7.18. The predicted molar refractivity (Wildman–Crippen MR) is 107 cm³/mol. The van der Waals surface area contributed by atoms with Crippen molar-refractivity contribution in [2.45, 2.75) is 12.5 Å². The number of benzene rings is 1. The van der Waals surface area contributed by atoms with Crippen LogP contribution in [0.15, 0.2) is 48.8 Å². The lowest BCUT2D eigenvalue weighted by molar-refractivity contribution is -0.133. The van der Waals surface area contributed by atoms with Gasteiger partial charge in [-0.3, -0.25) is 14.5 Å². The van der Waals surface area contributed by atoms with Gasteiger partial charge in [-0.15, -0.1) is 12.4 Å². The Bertz CT molecular complexity index is 877. The van der Waals surface area contributed by atoms with Gasteiger partial charge in [-0.25, -0.2) is 8.42 Å². The van der Waals surface area contributed by atoms with E-state index >= 15 is 0 Å². The second kappa shape index (κ2) is 9.16. The van der Waals surface area contributed by atoms with Crippen LogP contribution in [0.25, 0.3) is 0 Å². The van der Waals surface area contributed by atoms with Gasteiger partial charge < -0.3 is 10.2 Å². The number of piperazine rings is 1. The minimum absolute atomic E-state index is 0. The number of pyridine rings is 1. The first-order chi connectivity index (χ1) is 12.4. The molecule has 1 fully saturated rings. The smallest absolute Gasteiger partial charge is 0.229 e. The topological polar surface area (TPSA) is 91.4 Å². The zero-order valence-electron chi connectivity index (χ0n) is 15.0. The summed E-state index contributed by atoms with van der Waals surface area (Å²) in [5.74, 6) is 0.0110. The number of nitrogens with zero attached hydrogens (tertiary/aromatic N) is 2. The number of sulfonamides is 1. The molecule has 1 unspecified atom stereocenters. The van der Waals surface area contributed by atoms with Crippen LogP contribution in [-0.4, -0.2) is 50.1 Å². The van der Waals surface area contributed by atoms with E-state index in [1.165, 1.54) is 0 Å². The van der Waals surface area contributed by atoms with Gasteiger partial charge in [-0.1, -0.05) is 18.2 Å². The number of carbonyl (C=O) groups is 1. The average molecular weight is 411 g/mol. The van der Waals surface area contributed by atoms with Crippen molar-refractivity contribution < 1.29 is 13.2 Å². The van der Waals surface area contributed by atoms with E-state index in [-0.39, 0.29) is 30.8 Å². The molecule has 1 atom stereocenters. The highest BCUT2D eigenvalue weighted by atomic mass is 35.5. The summed E-state index contributed by atoms with van der Waals surface area (Å²) in [4.78, 5) is 18.9. The van der Waals surface area contributed by atoms with Crippen LogP contribution >= 0.6 is 12.4 Å². The van der Waals surface area contributed by atoms with Crippen molar-refractivity contribution in [3.8, 4) is 0 Å². The van der Waals surface area contributed by atoms with E-state index in [0.717, 1.165) is 23.9 Å². The van der Waals surface area contributed by atoms with Crippen LogP contribution in [0.5, 0.6) is 0 Å². The molecule has 0 spiro atoms. The number of nitrogens with one attached hydrogen (secondary N) is 2. The van der Waals surface area contributed by atoms with Crippen molar-refractivity contribution in [1.82, 2.24) is 15.2 Å². The maximum absolute atomic E-state index is 12.9. The molecule has 1 aromatic heterocycles. The highest BCUT2D eigenvalue weighted by Gasteiger charge is 2.27. The van der Waals surface area contributed by atoms with Gasteiger partial charge >= 0.3 is 0 Å². The van der Waals surface area contributed by atoms with Gasteiger partial charge in [0.1, 0.15) is 0 Å². The molecule has 1 aliphatic heterocycles. The predicted octanol–water partition coefficient (Wildman–Crippen LogP) is 1.59. The lowest BCUT2D eigenvalue weighted by Crippen LogP contribution is -2.49. The van der Waals surface area contributed by atoms with Crippen molar-refractivity contribution >= 4 is 34.0 Å². The van der Waals surface area contributed by atoms with Crippen LogP contribution in [0.1, 0.15) is 17.2 Å². The fourth-order valence-corrected chi connectivity index (χ4v) is 3.66. The number of hydrogen-bond acceptors (Lipinski definition) is 5. The summed E-state index contributed by atoms with van der Waals surface area (Å²) in [7, 11) is -3.35. The Morgan fingerprint density at radius 1 is 1.33 bits per heavy atom. The van der Waals surface area contributed by atoms with Crippen molar-refractivity contribution in [3.63, 3.8) is 0 Å². The third-order valence-corrected chi connectivity index (χ3v) is 4.82. The highest BCUT2D eigenvalue weighted by Crippen LogP contribution is 2.23. The summed E-state index contributed by atoms with van der Waals surface area (Å²) in [5, 5.41) is 3.32. The number of carbonyl (C=O) groups excluding carboxylic acids is 1. The quantitative estimate of drug-likeness (QED) is 0.781. The van der Waals surface area contributed by atoms with E-state index in [2.05, 4.69) is 15.0 Å². The van der Waals surface area contributed by atoms with Gasteiger partial charge in [-0.05, 0) is 29.3 Å². The van der Waals surface area contributed by atoms with E-state index < -0.39 is 10.0 Å². The number of hydrogen-bond donors (Lipinski definition) is 2. The fraction of sp³-hybridized carbons (Fsp3) is 0.333. The van der Waals surface area contributed by atoms with Crippen LogP contribution in [0.4, 0.5) is 5.69 Å². The molecule has 27 heavy (non-hydrogen) atoms. The molecule has 2 aromatic rings. The molecule has 146 valence electrons. The van der Waals surface area contributed by atoms with Gasteiger partial charge in [0.2, 0.25) is 15.9 Å². The number of rotatable bonds is 5. The minimum atomic E-state index is -3.35. The van der Waals surface area contributed by atoms with Crippen molar-refractivity contribution in [1.29, 1.82) is 0 Å². The molecule has 7 nitrogen and oxygen atoms in total. The zero-order chi connectivity index (χ0) is 18.6. The first kappa shape index (κ1) is 21.1. The Labute approximate surface area is 165 Å². The molecule has 1 aromatic carbocycles. The van der Waals surface area contributed by atoms with Crippen LogP contribution in [0.3, 0.4) is 0 Å². The number of amides is 1. The minimum Gasteiger partial charge on any atom is -0.333 e. The van der Waals surface area contributed by atoms with E-state index in [4.69, 9.17) is 0 Å². The van der Waals surface area contributed by atoms with Crippen LogP contribution in [-0.2, 0) is 21.2 Å². The normalized spacial score (nSPS) is 17.1. The standard InChI is InChI=1S/C18H22N4O3S.ClH/c1-26(24,25)21-16-6-2-4-14(10-16)11-18(23)22-9-8-20-13-17(22)15-5-3-7-19-12-15;/h2-7,10,12,17,20-21H,8-9,11,13H2,1H3;1H. The molecule has 0 radical (unpaired) electrons. The molecule has 1 aliphatic rings. The molecule has 9 heteroatoms. The van der Waals surface area contributed by atoms with Gasteiger partial charge in [0.15, 0.2) is 0 Å². The fourth-order valence-electron chi connectivity index (χ4n) is 3.11. The third kappa shape index (κ3) is 5.92. The summed E-state index contributed by atoms with van der Waals surface area (Å²) >= 11 is 0. The molecule has 0 saturated carbocycles. The first-order valence-corrected chi connectivity index (χ1v) is 10.3. The van der Waals surface area contributed by atoms with Crippen LogP contribution < -0.4 is 10.0 Å². The Morgan fingerprint density at radius 3 is 2.85 bits per heavy atom. The second-order valence-corrected chi connectivity index (χ2v) is 8.09. The number of aromatic nitrogens is 1. The van der Waals surface area contributed by atoms with Gasteiger partial charge in [0, 0.05) is 37.7 Å². The maximum atomic E-state index is 12.9. The Morgan fingerprint density at radius 2 is 2.15 bits per heavy atom. The Hall–Kier alpha value is -2.16. The lowest BCUT2D eigenvalue weighted by Gasteiger charge is -2.36. The summed E-state index contributed by atoms with van der Waals surface area (Å²) < 4.78 is 25.2. The molecule has 2 N–H and O–H groups in total. The second-order valence-electron chi connectivity index (χ2n) is 6.34. The van der Waals surface area contributed by atoms with E-state index in [9.17, 15) is 13.2 Å². The average Bonchev–Trinajstić information content (AvgIpc) is 2.61. The maximum Gasteiger partial charge on any atom is 0.229 e. The Balaban J connectivity index is 0.00000261. The van der Waals surface area contributed by atoms with Crippen molar-refractivity contribution in [3.05, 3.63) is 59.9 Å². The van der Waals surface area contributed by atoms with Gasteiger partial charge in [-0.2, -0.15) is 0 Å². The van der Waals surface area contributed by atoms with E-state index in [1.54, 1.807) is 30.6 Å². The summed E-state index contributed by atoms with van der Waals surface area (Å²) in [6.45, 7) is 2.06. The highest BCUT2D eigenvalue weighted by molar-refractivity contribution is 7.92. The SMILES string of the molecule is CS(=O)(=O)Nc1cccc(CC(=O)N2CCNCC2c2cccnc2)c1.Cl. The molecule has 0 bridgehead atoms. The molecule has 0 aliphatic carbocycles. The van der Waals surface area contributed by atoms with Crippen molar-refractivity contribution in [2.75, 3.05) is 30.6 Å². The third-order valence-electron chi connectivity index (χ3n) is 4.22. The van der Waals surface area contributed by atoms with Crippen molar-refractivity contribution in [2.24, 2.45) is 0 Å². The van der Waals surface area contributed by atoms with E-state index in [0.29, 0.717) is 18.8 Å². The number of halogens is 1. The van der Waals surface area contributed by atoms with Crippen LogP contribution in [0.2, 0.25) is 0 Å². The monoisotopic (exact) mass is 410 g/mol. The summed E-state index contributed by atoms with van der Waals surface area (Å²) in [6, 6.07) is 10.7. The summed E-state index contributed by atoms with van der Waals surface area (Å²) in [5.41, 5.74) is 2.23. The van der Waals surface area contributed by atoms with Gasteiger partial charge in [0.05, 0.1) is 18.7 Å². The first-order valence-electron chi connectivity index (χ1n) is 8.39. The van der Waals surface area contributed by atoms with Crippen LogP contribution in [0, 0.1) is 0 Å². The molecule has 3 rings (SSSR count). The molecule has 2 heterocycles. The zero-order valence-corrected chi connectivity index (χ0v) is 16.6. The van der Waals surface area contributed by atoms with Gasteiger partial charge in [0.25, 0.3) is 0 Å². The molecule has 1 saturated heterocycles. The largest absolute Gasteiger partial charge is 0.333 e. The van der Waals surface area contributed by atoms with E-state index in [1.807, 2.05) is 23.1 Å². The molecular weight excluding hydrogens is 388 g/mol. The molecular formula is C18H23ClN4O3S.